The molecule has 0 aromatic heterocycles. The third-order valence-electron chi connectivity index (χ3n) is 3.01. The fourth-order valence-corrected chi connectivity index (χ4v) is 2.69. The average molecular weight is 364 g/mol. The van der Waals surface area contributed by atoms with E-state index in [1.165, 1.54) is 4.90 Å². The zero-order chi connectivity index (χ0) is 13.6. The molecule has 1 aliphatic heterocycles. The van der Waals surface area contributed by atoms with Crippen molar-refractivity contribution < 1.29 is 9.59 Å². The highest BCUT2D eigenvalue weighted by Gasteiger charge is 2.37. The lowest BCUT2D eigenvalue weighted by Crippen LogP contribution is -2.29. The summed E-state index contributed by atoms with van der Waals surface area (Å²) in [5.74, 6) is -0.686. The normalized spacial score (nSPS) is 13.8. The Labute approximate surface area is 123 Å². The van der Waals surface area contributed by atoms with Crippen molar-refractivity contribution in [2.45, 2.75) is 0 Å². The molecule has 19 heavy (non-hydrogen) atoms. The summed E-state index contributed by atoms with van der Waals surface area (Å²) >= 11 is 2.14. The molecule has 5 heteroatoms. The van der Waals surface area contributed by atoms with Crippen LogP contribution < -0.4 is 10.6 Å². The van der Waals surface area contributed by atoms with Gasteiger partial charge in [-0.3, -0.25) is 9.59 Å². The first-order valence-electron chi connectivity index (χ1n) is 5.62. The van der Waals surface area contributed by atoms with Crippen LogP contribution in [0.2, 0.25) is 0 Å². The maximum Gasteiger partial charge on any atom is 0.268 e. The van der Waals surface area contributed by atoms with Crippen molar-refractivity contribution in [1.82, 2.24) is 0 Å². The zero-order valence-corrected chi connectivity index (χ0v) is 11.9. The highest BCUT2D eigenvalue weighted by Crippen LogP contribution is 2.31. The molecule has 0 fully saturated rings. The van der Waals surface area contributed by atoms with E-state index in [1.807, 2.05) is 12.1 Å². The quantitative estimate of drug-likeness (QED) is 0.481. The van der Waals surface area contributed by atoms with E-state index in [0.717, 1.165) is 3.57 Å². The van der Waals surface area contributed by atoms with E-state index in [4.69, 9.17) is 5.73 Å². The second-order valence-electron chi connectivity index (χ2n) is 4.20. The molecule has 2 aromatic carbocycles. The fourth-order valence-electron chi connectivity index (χ4n) is 2.16. The van der Waals surface area contributed by atoms with E-state index >= 15 is 0 Å². The molecule has 3 rings (SSSR count). The first-order chi connectivity index (χ1) is 9.09. The van der Waals surface area contributed by atoms with E-state index in [9.17, 15) is 9.59 Å². The predicted molar refractivity (Wildman–Crippen MR) is 81.2 cm³/mol. The van der Waals surface area contributed by atoms with Gasteiger partial charge in [-0.05, 0) is 52.9 Å². The summed E-state index contributed by atoms with van der Waals surface area (Å²) in [6.45, 7) is 0. The molecule has 1 heterocycles. The van der Waals surface area contributed by atoms with Crippen molar-refractivity contribution in [3.05, 3.63) is 57.2 Å². The summed E-state index contributed by atoms with van der Waals surface area (Å²) in [4.78, 5) is 25.9. The lowest BCUT2D eigenvalue weighted by atomic mass is 10.1. The third-order valence-corrected chi connectivity index (χ3v) is 3.68. The van der Waals surface area contributed by atoms with Crippen LogP contribution in [0.1, 0.15) is 20.7 Å². The number of carbonyl (C=O) groups is 2. The smallest absolute Gasteiger partial charge is 0.268 e. The van der Waals surface area contributed by atoms with Crippen LogP contribution in [0.4, 0.5) is 11.4 Å². The second kappa shape index (κ2) is 4.34. The standard InChI is InChI=1S/C14H9IN2O2/c15-8-3-1-4-9(7-8)17-13(18)10-5-2-6-11(16)12(10)14(17)19/h1-7H,16H2. The van der Waals surface area contributed by atoms with Gasteiger partial charge in [0.2, 0.25) is 0 Å². The zero-order valence-electron chi connectivity index (χ0n) is 9.76. The number of nitrogens with zero attached hydrogens (tertiary/aromatic N) is 1. The Hall–Kier alpha value is -1.89. The molecule has 2 amide bonds. The second-order valence-corrected chi connectivity index (χ2v) is 5.44. The Balaban J connectivity index is 2.16. The Bertz CT molecular complexity index is 712. The molecular weight excluding hydrogens is 355 g/mol. The SMILES string of the molecule is Nc1cccc2c1C(=O)N(c1cccc(I)c1)C2=O. The Morgan fingerprint density at radius 1 is 1.00 bits per heavy atom. The number of hydrogen-bond acceptors (Lipinski definition) is 3. The van der Waals surface area contributed by atoms with E-state index in [2.05, 4.69) is 22.6 Å². The fraction of sp³-hybridized carbons (Fsp3) is 0. The number of fused-ring (bicyclic) bond motifs is 1. The van der Waals surface area contributed by atoms with Gasteiger partial charge in [-0.2, -0.15) is 0 Å². The Kier molecular flexibility index (Phi) is 2.78. The molecule has 0 atom stereocenters. The number of hydrogen-bond donors (Lipinski definition) is 1. The van der Waals surface area contributed by atoms with Gasteiger partial charge in [0.05, 0.1) is 16.8 Å². The van der Waals surface area contributed by atoms with Crippen LogP contribution in [0.5, 0.6) is 0 Å². The van der Waals surface area contributed by atoms with Gasteiger partial charge in [0.25, 0.3) is 11.8 Å². The molecule has 0 bridgehead atoms. The number of nitrogen functional groups attached to an aromatic ring is 1. The van der Waals surface area contributed by atoms with Gasteiger partial charge in [0.15, 0.2) is 0 Å². The molecule has 0 saturated carbocycles. The molecule has 2 N–H and O–H groups in total. The Morgan fingerprint density at radius 2 is 1.74 bits per heavy atom. The minimum Gasteiger partial charge on any atom is -0.398 e. The van der Waals surface area contributed by atoms with E-state index in [-0.39, 0.29) is 11.8 Å². The van der Waals surface area contributed by atoms with Gasteiger partial charge in [-0.15, -0.1) is 0 Å². The van der Waals surface area contributed by atoms with Crippen LogP contribution >= 0.6 is 22.6 Å². The summed E-state index contributed by atoms with van der Waals surface area (Å²) < 4.78 is 0.958. The van der Waals surface area contributed by atoms with E-state index in [1.54, 1.807) is 30.3 Å². The van der Waals surface area contributed by atoms with Crippen molar-refractivity contribution in [1.29, 1.82) is 0 Å². The third kappa shape index (κ3) is 1.81. The van der Waals surface area contributed by atoms with Gasteiger partial charge in [0, 0.05) is 9.26 Å². The number of amides is 2. The number of halogens is 1. The van der Waals surface area contributed by atoms with Gasteiger partial charge >= 0.3 is 0 Å². The molecule has 4 nitrogen and oxygen atoms in total. The summed E-state index contributed by atoms with van der Waals surface area (Å²) in [7, 11) is 0. The van der Waals surface area contributed by atoms with Crippen molar-refractivity contribution in [2.75, 3.05) is 10.6 Å². The molecule has 1 aliphatic rings. The molecule has 0 unspecified atom stereocenters. The minimum absolute atomic E-state index is 0.298. The monoisotopic (exact) mass is 364 g/mol. The van der Waals surface area contributed by atoms with Crippen LogP contribution in [0.25, 0.3) is 0 Å². The lowest BCUT2D eigenvalue weighted by Gasteiger charge is -2.14. The molecule has 94 valence electrons. The topological polar surface area (TPSA) is 63.4 Å². The van der Waals surface area contributed by atoms with Crippen LogP contribution in [0.15, 0.2) is 42.5 Å². The average Bonchev–Trinajstić information content (AvgIpc) is 2.63. The maximum atomic E-state index is 12.4. The number of benzene rings is 2. The van der Waals surface area contributed by atoms with Crippen molar-refractivity contribution in [3.63, 3.8) is 0 Å². The van der Waals surface area contributed by atoms with Crippen LogP contribution in [0.3, 0.4) is 0 Å². The molecule has 0 saturated heterocycles. The molecule has 0 spiro atoms. The van der Waals surface area contributed by atoms with Gasteiger partial charge in [0.1, 0.15) is 0 Å². The number of nitrogens with two attached hydrogens (primary N) is 1. The molecule has 2 aromatic rings. The number of rotatable bonds is 1. The first-order valence-corrected chi connectivity index (χ1v) is 6.70. The summed E-state index contributed by atoms with van der Waals surface area (Å²) in [6.07, 6.45) is 0. The Morgan fingerprint density at radius 3 is 2.42 bits per heavy atom. The van der Waals surface area contributed by atoms with Crippen molar-refractivity contribution in [2.24, 2.45) is 0 Å². The van der Waals surface area contributed by atoms with Crippen LogP contribution in [0, 0.1) is 3.57 Å². The van der Waals surface area contributed by atoms with Gasteiger partial charge < -0.3 is 5.73 Å². The first kappa shape index (κ1) is 12.2. The lowest BCUT2D eigenvalue weighted by molar-refractivity contribution is 0.0926. The molecule has 0 aliphatic carbocycles. The molecule has 0 radical (unpaired) electrons. The van der Waals surface area contributed by atoms with Gasteiger partial charge in [-0.1, -0.05) is 12.1 Å². The summed E-state index contributed by atoms with van der Waals surface area (Å²) in [5.41, 5.74) is 7.36. The van der Waals surface area contributed by atoms with Crippen molar-refractivity contribution >= 4 is 45.8 Å². The van der Waals surface area contributed by atoms with Crippen LogP contribution in [-0.4, -0.2) is 11.8 Å². The number of carbonyl (C=O) groups excluding carboxylic acids is 2. The minimum atomic E-state index is -0.361. The predicted octanol–water partition coefficient (Wildman–Crippen LogP) is 2.67. The highest BCUT2D eigenvalue weighted by molar-refractivity contribution is 14.1. The van der Waals surface area contributed by atoms with E-state index < -0.39 is 0 Å². The maximum absolute atomic E-state index is 12.4. The largest absolute Gasteiger partial charge is 0.398 e. The number of anilines is 2. The summed E-state index contributed by atoms with van der Waals surface area (Å²) in [6, 6.07) is 12.2. The molecular formula is C14H9IN2O2. The summed E-state index contributed by atoms with van der Waals surface area (Å²) in [5, 5.41) is 0. The van der Waals surface area contributed by atoms with Gasteiger partial charge in [-0.25, -0.2) is 4.90 Å². The number of imide groups is 1. The van der Waals surface area contributed by atoms with Crippen molar-refractivity contribution in [3.8, 4) is 0 Å². The van der Waals surface area contributed by atoms with Crippen LogP contribution in [-0.2, 0) is 0 Å². The van der Waals surface area contributed by atoms with E-state index in [0.29, 0.717) is 22.5 Å². The highest BCUT2D eigenvalue weighted by atomic mass is 127.